The molecular formula is C24H30O2. The van der Waals surface area contributed by atoms with Gasteiger partial charge in [-0.05, 0) is 76.8 Å². The Hall–Kier alpha value is -2.09. The lowest BCUT2D eigenvalue weighted by atomic mass is 9.80. The van der Waals surface area contributed by atoms with Crippen LogP contribution < -0.4 is 0 Å². The van der Waals surface area contributed by atoms with Crippen LogP contribution in [0.4, 0.5) is 0 Å². The van der Waals surface area contributed by atoms with Gasteiger partial charge in [0, 0.05) is 6.08 Å². The Kier molecular flexibility index (Phi) is 4.72. The molecule has 3 rings (SSSR count). The molecule has 0 atom stereocenters. The van der Waals surface area contributed by atoms with Crippen LogP contribution in [0.2, 0.25) is 0 Å². The van der Waals surface area contributed by atoms with Gasteiger partial charge in [0.2, 0.25) is 0 Å². The SMILES string of the molecule is C/C(C=CC=C1CCCc2cc3c(cc21)C(C)(C)CC3(C)C)=C\C(=O)O. The van der Waals surface area contributed by atoms with Crippen LogP contribution in [0, 0.1) is 0 Å². The van der Waals surface area contributed by atoms with Gasteiger partial charge in [0.25, 0.3) is 0 Å². The zero-order chi connectivity index (χ0) is 19.1. The zero-order valence-electron chi connectivity index (χ0n) is 16.6. The third-order valence-electron chi connectivity index (χ3n) is 5.83. The van der Waals surface area contributed by atoms with Crippen molar-refractivity contribution in [1.82, 2.24) is 0 Å². The van der Waals surface area contributed by atoms with Gasteiger partial charge in [-0.1, -0.05) is 58.1 Å². The van der Waals surface area contributed by atoms with Crippen LogP contribution in [0.1, 0.15) is 76.1 Å². The van der Waals surface area contributed by atoms with Crippen LogP contribution in [0.5, 0.6) is 0 Å². The summed E-state index contributed by atoms with van der Waals surface area (Å²) >= 11 is 0. The molecule has 138 valence electrons. The molecule has 0 unspecified atom stereocenters. The van der Waals surface area contributed by atoms with Gasteiger partial charge < -0.3 is 5.11 Å². The van der Waals surface area contributed by atoms with Crippen LogP contribution in [0.25, 0.3) is 5.57 Å². The van der Waals surface area contributed by atoms with Gasteiger partial charge in [-0.25, -0.2) is 4.79 Å². The Balaban J connectivity index is 2.00. The van der Waals surface area contributed by atoms with E-state index >= 15 is 0 Å². The summed E-state index contributed by atoms with van der Waals surface area (Å²) < 4.78 is 0. The molecule has 0 saturated carbocycles. The average molecular weight is 351 g/mol. The smallest absolute Gasteiger partial charge is 0.328 e. The maximum absolute atomic E-state index is 10.7. The van der Waals surface area contributed by atoms with E-state index < -0.39 is 5.97 Å². The monoisotopic (exact) mass is 350 g/mol. The summed E-state index contributed by atoms with van der Waals surface area (Å²) in [4.78, 5) is 10.7. The molecule has 0 aromatic heterocycles. The van der Waals surface area contributed by atoms with Gasteiger partial charge in [-0.15, -0.1) is 0 Å². The Bertz CT molecular complexity index is 832. The van der Waals surface area contributed by atoms with Gasteiger partial charge in [-0.3, -0.25) is 0 Å². The summed E-state index contributed by atoms with van der Waals surface area (Å²) in [5.41, 5.74) is 8.47. The number of benzene rings is 1. The number of carboxylic acid groups (broad SMARTS) is 1. The molecule has 2 aliphatic carbocycles. The molecule has 0 amide bonds. The van der Waals surface area contributed by atoms with Crippen molar-refractivity contribution in [3.63, 3.8) is 0 Å². The van der Waals surface area contributed by atoms with Crippen LogP contribution >= 0.6 is 0 Å². The van der Waals surface area contributed by atoms with Crippen molar-refractivity contribution < 1.29 is 9.90 Å². The van der Waals surface area contributed by atoms with E-state index in [0.29, 0.717) is 0 Å². The lowest BCUT2D eigenvalue weighted by Gasteiger charge is -2.25. The minimum absolute atomic E-state index is 0.215. The Morgan fingerprint density at radius 1 is 1.08 bits per heavy atom. The second kappa shape index (κ2) is 6.57. The summed E-state index contributed by atoms with van der Waals surface area (Å²) in [5.74, 6) is -0.900. The number of fused-ring (bicyclic) bond motifs is 2. The van der Waals surface area contributed by atoms with Crippen molar-refractivity contribution in [3.8, 4) is 0 Å². The van der Waals surface area contributed by atoms with E-state index in [0.717, 1.165) is 18.4 Å². The van der Waals surface area contributed by atoms with E-state index in [1.165, 1.54) is 46.7 Å². The molecule has 1 N–H and O–H groups in total. The summed E-state index contributed by atoms with van der Waals surface area (Å²) in [5, 5.41) is 8.82. The number of hydrogen-bond donors (Lipinski definition) is 1. The zero-order valence-corrected chi connectivity index (χ0v) is 16.6. The maximum Gasteiger partial charge on any atom is 0.328 e. The molecule has 2 heteroatoms. The van der Waals surface area contributed by atoms with Gasteiger partial charge in [0.15, 0.2) is 0 Å². The molecule has 2 aliphatic rings. The first-order valence-corrected chi connectivity index (χ1v) is 9.57. The highest BCUT2D eigenvalue weighted by Gasteiger charge is 2.42. The second-order valence-electron chi connectivity index (χ2n) is 9.13. The van der Waals surface area contributed by atoms with Crippen LogP contribution in [0.3, 0.4) is 0 Å². The van der Waals surface area contributed by atoms with E-state index in [2.05, 4.69) is 45.9 Å². The van der Waals surface area contributed by atoms with Crippen molar-refractivity contribution in [3.05, 3.63) is 64.3 Å². The molecule has 0 saturated heterocycles. The first kappa shape index (κ1) is 18.7. The standard InChI is InChI=1S/C24H30O2/c1-16(12-22(25)26)8-6-9-17-10-7-11-18-13-20-21(14-19(17)18)24(4,5)15-23(20,2)3/h6,8-9,12-14H,7,10-11,15H2,1-5H3,(H,25,26)/b8-6?,16-12+,17-9?. The fraction of sp³-hybridized carbons (Fsp3) is 0.458. The highest BCUT2D eigenvalue weighted by Crippen LogP contribution is 2.51. The third-order valence-corrected chi connectivity index (χ3v) is 5.83. The number of allylic oxidation sites excluding steroid dienone is 5. The van der Waals surface area contributed by atoms with E-state index in [1.54, 1.807) is 0 Å². The molecule has 0 fully saturated rings. The minimum atomic E-state index is -0.900. The largest absolute Gasteiger partial charge is 0.478 e. The highest BCUT2D eigenvalue weighted by molar-refractivity contribution is 5.81. The van der Waals surface area contributed by atoms with E-state index in [9.17, 15) is 4.79 Å². The van der Waals surface area contributed by atoms with E-state index in [4.69, 9.17) is 5.11 Å². The van der Waals surface area contributed by atoms with Crippen molar-refractivity contribution in [2.45, 2.75) is 71.1 Å². The molecule has 26 heavy (non-hydrogen) atoms. The first-order chi connectivity index (χ1) is 12.1. The normalized spacial score (nSPS) is 22.5. The molecule has 0 bridgehead atoms. The summed E-state index contributed by atoms with van der Waals surface area (Å²) in [6.07, 6.45) is 11.9. The number of carbonyl (C=O) groups is 1. The van der Waals surface area contributed by atoms with Crippen LogP contribution in [-0.2, 0) is 22.0 Å². The Morgan fingerprint density at radius 3 is 2.38 bits per heavy atom. The summed E-state index contributed by atoms with van der Waals surface area (Å²) in [6.45, 7) is 11.3. The number of hydrogen-bond acceptors (Lipinski definition) is 1. The van der Waals surface area contributed by atoms with Crippen LogP contribution in [-0.4, -0.2) is 11.1 Å². The average Bonchev–Trinajstić information content (AvgIpc) is 2.69. The van der Waals surface area contributed by atoms with E-state index in [1.807, 2.05) is 19.1 Å². The predicted octanol–water partition coefficient (Wildman–Crippen LogP) is 5.95. The summed E-state index contributed by atoms with van der Waals surface area (Å²) in [6, 6.07) is 4.91. The van der Waals surface area contributed by atoms with Crippen molar-refractivity contribution in [1.29, 1.82) is 0 Å². The van der Waals surface area contributed by atoms with Crippen molar-refractivity contribution in [2.24, 2.45) is 0 Å². The lowest BCUT2D eigenvalue weighted by molar-refractivity contribution is -0.131. The summed E-state index contributed by atoms with van der Waals surface area (Å²) in [7, 11) is 0. The van der Waals surface area contributed by atoms with Gasteiger partial charge >= 0.3 is 5.97 Å². The first-order valence-electron chi connectivity index (χ1n) is 9.57. The Labute approximate surface area is 157 Å². The van der Waals surface area contributed by atoms with Gasteiger partial charge in [-0.2, -0.15) is 0 Å². The van der Waals surface area contributed by atoms with Gasteiger partial charge in [0.1, 0.15) is 0 Å². The molecule has 1 aromatic rings. The number of aryl methyl sites for hydroxylation is 1. The van der Waals surface area contributed by atoms with Gasteiger partial charge in [0.05, 0.1) is 0 Å². The van der Waals surface area contributed by atoms with Crippen molar-refractivity contribution >= 4 is 11.5 Å². The predicted molar refractivity (Wildman–Crippen MR) is 109 cm³/mol. The molecule has 0 aliphatic heterocycles. The third kappa shape index (κ3) is 3.56. The second-order valence-corrected chi connectivity index (χ2v) is 9.13. The molecule has 1 aromatic carbocycles. The molecule has 0 radical (unpaired) electrons. The minimum Gasteiger partial charge on any atom is -0.478 e. The number of rotatable bonds is 3. The maximum atomic E-state index is 10.7. The van der Waals surface area contributed by atoms with Crippen LogP contribution in [0.15, 0.2) is 42.0 Å². The van der Waals surface area contributed by atoms with Crippen molar-refractivity contribution in [2.75, 3.05) is 0 Å². The quantitative estimate of drug-likeness (QED) is 0.540. The lowest BCUT2D eigenvalue weighted by Crippen LogP contribution is -2.18. The number of carboxylic acids is 1. The Morgan fingerprint density at radius 2 is 1.73 bits per heavy atom. The highest BCUT2D eigenvalue weighted by atomic mass is 16.4. The molecule has 0 spiro atoms. The molecular weight excluding hydrogens is 320 g/mol. The fourth-order valence-electron chi connectivity index (χ4n) is 4.90. The fourth-order valence-corrected chi connectivity index (χ4v) is 4.90. The number of aliphatic carboxylic acids is 1. The molecule has 2 nitrogen and oxygen atoms in total. The van der Waals surface area contributed by atoms with E-state index in [-0.39, 0.29) is 10.8 Å². The topological polar surface area (TPSA) is 37.3 Å². The molecule has 0 heterocycles.